The molecule has 4 heteroatoms. The molecule has 2 atom stereocenters. The average molecular weight is 480 g/mol. The van der Waals surface area contributed by atoms with E-state index < -0.39 is 0 Å². The molecular formula is C32H33NO3. The Labute approximate surface area is 213 Å². The van der Waals surface area contributed by atoms with E-state index in [-0.39, 0.29) is 35.8 Å². The zero-order chi connectivity index (χ0) is 24.6. The van der Waals surface area contributed by atoms with Crippen molar-refractivity contribution in [1.82, 2.24) is 4.90 Å². The molecule has 0 radical (unpaired) electrons. The number of benzene rings is 3. The molecule has 1 amide bonds. The van der Waals surface area contributed by atoms with Gasteiger partial charge < -0.3 is 9.64 Å². The minimum absolute atomic E-state index is 0.0226. The predicted octanol–water partition coefficient (Wildman–Crippen LogP) is 7.01. The first-order valence-electron chi connectivity index (χ1n) is 13.4. The smallest absolute Gasteiger partial charge is 0.410 e. The highest BCUT2D eigenvalue weighted by atomic mass is 16.6. The molecule has 2 bridgehead atoms. The minimum atomic E-state index is -0.216. The summed E-state index contributed by atoms with van der Waals surface area (Å²) in [5.74, 6) is 0.285. The van der Waals surface area contributed by atoms with Gasteiger partial charge >= 0.3 is 6.09 Å². The number of hydrogen-bond donors (Lipinski definition) is 0. The third-order valence-electron chi connectivity index (χ3n) is 8.56. The SMILES string of the molecule is CCc1ccccc1C(=O)C1CC2CCCC(C1)N2C(=O)OCC1c2ccccc2-c2ccccc21. The van der Waals surface area contributed by atoms with Crippen LogP contribution in [0.1, 0.15) is 72.0 Å². The molecule has 1 aliphatic carbocycles. The maximum atomic E-state index is 13.5. The highest BCUT2D eigenvalue weighted by molar-refractivity contribution is 5.99. The Morgan fingerprint density at radius 1 is 0.833 bits per heavy atom. The summed E-state index contributed by atoms with van der Waals surface area (Å²) in [6, 6.07) is 25.0. The third kappa shape index (κ3) is 3.93. The van der Waals surface area contributed by atoms with Gasteiger partial charge in [-0.2, -0.15) is 0 Å². The molecule has 3 aromatic carbocycles. The second kappa shape index (κ2) is 9.57. The van der Waals surface area contributed by atoms with Crippen molar-refractivity contribution >= 4 is 11.9 Å². The van der Waals surface area contributed by atoms with E-state index in [0.29, 0.717) is 6.61 Å². The summed E-state index contributed by atoms with van der Waals surface area (Å²) in [5, 5.41) is 0. The van der Waals surface area contributed by atoms with Crippen LogP contribution in [0.4, 0.5) is 4.79 Å². The molecule has 3 aromatic rings. The van der Waals surface area contributed by atoms with Gasteiger partial charge in [-0.25, -0.2) is 4.79 Å². The molecule has 2 aliphatic heterocycles. The minimum Gasteiger partial charge on any atom is -0.448 e. The van der Waals surface area contributed by atoms with Gasteiger partial charge in [0.15, 0.2) is 5.78 Å². The van der Waals surface area contributed by atoms with Crippen molar-refractivity contribution in [2.75, 3.05) is 6.61 Å². The van der Waals surface area contributed by atoms with Crippen LogP contribution in [0.25, 0.3) is 11.1 Å². The Kier molecular flexibility index (Phi) is 6.12. The second-order valence-corrected chi connectivity index (χ2v) is 10.5. The molecule has 2 unspecified atom stereocenters. The van der Waals surface area contributed by atoms with E-state index in [2.05, 4.69) is 61.5 Å². The molecule has 184 valence electrons. The van der Waals surface area contributed by atoms with Gasteiger partial charge in [0.25, 0.3) is 0 Å². The number of hydrogen-bond acceptors (Lipinski definition) is 3. The fourth-order valence-electron chi connectivity index (χ4n) is 6.85. The quantitative estimate of drug-likeness (QED) is 0.370. The summed E-state index contributed by atoms with van der Waals surface area (Å²) in [5.41, 5.74) is 6.90. The van der Waals surface area contributed by atoms with Crippen molar-refractivity contribution in [2.45, 2.75) is 63.5 Å². The van der Waals surface area contributed by atoms with Crippen LogP contribution < -0.4 is 0 Å². The van der Waals surface area contributed by atoms with Crippen LogP contribution in [-0.2, 0) is 11.2 Å². The lowest BCUT2D eigenvalue weighted by atomic mass is 9.75. The number of carbonyl (C=O) groups excluding carboxylic acids is 2. The maximum absolute atomic E-state index is 13.5. The Bertz CT molecular complexity index is 1240. The van der Waals surface area contributed by atoms with Crippen LogP contribution in [0.3, 0.4) is 0 Å². The summed E-state index contributed by atoms with van der Waals surface area (Å²) >= 11 is 0. The van der Waals surface area contributed by atoms with E-state index in [1.807, 2.05) is 23.1 Å². The average Bonchev–Trinajstić information content (AvgIpc) is 3.24. The van der Waals surface area contributed by atoms with Gasteiger partial charge in [0.05, 0.1) is 0 Å². The van der Waals surface area contributed by atoms with Gasteiger partial charge in [0, 0.05) is 29.5 Å². The second-order valence-electron chi connectivity index (χ2n) is 10.5. The van der Waals surface area contributed by atoms with E-state index >= 15 is 0 Å². The van der Waals surface area contributed by atoms with Crippen LogP contribution >= 0.6 is 0 Å². The van der Waals surface area contributed by atoms with Crippen molar-refractivity contribution < 1.29 is 14.3 Å². The van der Waals surface area contributed by atoms with Crippen molar-refractivity contribution in [1.29, 1.82) is 0 Å². The highest BCUT2D eigenvalue weighted by Gasteiger charge is 2.44. The van der Waals surface area contributed by atoms with Crippen molar-refractivity contribution in [3.8, 4) is 11.1 Å². The largest absolute Gasteiger partial charge is 0.448 e. The van der Waals surface area contributed by atoms with E-state index in [1.54, 1.807) is 0 Å². The van der Waals surface area contributed by atoms with E-state index in [1.165, 1.54) is 22.3 Å². The van der Waals surface area contributed by atoms with Gasteiger partial charge in [0.1, 0.15) is 6.61 Å². The van der Waals surface area contributed by atoms with Crippen molar-refractivity contribution in [3.63, 3.8) is 0 Å². The highest BCUT2D eigenvalue weighted by Crippen LogP contribution is 2.45. The number of aryl methyl sites for hydroxylation is 1. The number of nitrogens with zero attached hydrogens (tertiary/aromatic N) is 1. The van der Waals surface area contributed by atoms with E-state index in [0.717, 1.165) is 49.7 Å². The molecule has 0 saturated carbocycles. The Morgan fingerprint density at radius 3 is 2.06 bits per heavy atom. The zero-order valence-corrected chi connectivity index (χ0v) is 20.9. The lowest BCUT2D eigenvalue weighted by Crippen LogP contribution is -2.56. The van der Waals surface area contributed by atoms with Gasteiger partial charge in [-0.05, 0) is 66.3 Å². The van der Waals surface area contributed by atoms with Gasteiger partial charge in [-0.1, -0.05) is 79.7 Å². The lowest BCUT2D eigenvalue weighted by molar-refractivity contribution is 0.00649. The fourth-order valence-corrected chi connectivity index (χ4v) is 6.85. The summed E-state index contributed by atoms with van der Waals surface area (Å²) < 4.78 is 6.03. The Hall–Kier alpha value is -3.40. The topological polar surface area (TPSA) is 46.6 Å². The number of piperidine rings is 2. The molecule has 0 N–H and O–H groups in total. The van der Waals surface area contributed by atoms with Crippen molar-refractivity contribution in [2.24, 2.45) is 5.92 Å². The summed E-state index contributed by atoms with van der Waals surface area (Å²) in [6.07, 6.45) is 5.10. The number of ketones is 1. The number of ether oxygens (including phenoxy) is 1. The summed E-state index contributed by atoms with van der Waals surface area (Å²) in [6.45, 7) is 2.44. The van der Waals surface area contributed by atoms with Gasteiger partial charge in [-0.15, -0.1) is 0 Å². The van der Waals surface area contributed by atoms with E-state index in [9.17, 15) is 9.59 Å². The van der Waals surface area contributed by atoms with Crippen LogP contribution in [0, 0.1) is 5.92 Å². The summed E-state index contributed by atoms with van der Waals surface area (Å²) in [4.78, 5) is 28.9. The molecule has 36 heavy (non-hydrogen) atoms. The van der Waals surface area contributed by atoms with Crippen molar-refractivity contribution in [3.05, 3.63) is 95.1 Å². The van der Waals surface area contributed by atoms with Crippen LogP contribution in [0.2, 0.25) is 0 Å². The number of rotatable bonds is 5. The maximum Gasteiger partial charge on any atom is 0.410 e. The molecule has 2 fully saturated rings. The lowest BCUT2D eigenvalue weighted by Gasteiger charge is -2.47. The zero-order valence-electron chi connectivity index (χ0n) is 20.9. The van der Waals surface area contributed by atoms with Gasteiger partial charge in [-0.3, -0.25) is 4.79 Å². The monoisotopic (exact) mass is 479 g/mol. The molecule has 0 spiro atoms. The Balaban J connectivity index is 1.17. The standard InChI is InChI=1S/C32H33NO3/c1-2-21-10-3-4-13-25(21)31(34)22-18-23-11-9-12-24(19-22)33(23)32(35)36-20-30-28-16-7-5-14-26(28)27-15-6-8-17-29(27)30/h3-8,10,13-17,22-24,30H,2,9,11-12,18-20H2,1H3. The van der Waals surface area contributed by atoms with Crippen LogP contribution in [0.5, 0.6) is 0 Å². The Morgan fingerprint density at radius 2 is 1.42 bits per heavy atom. The molecule has 6 rings (SSSR count). The van der Waals surface area contributed by atoms with Gasteiger partial charge in [0.2, 0.25) is 0 Å². The normalized spacial score (nSPS) is 22.6. The molecule has 2 heterocycles. The van der Waals surface area contributed by atoms with Crippen LogP contribution in [0.15, 0.2) is 72.8 Å². The fraction of sp³-hybridized carbons (Fsp3) is 0.375. The third-order valence-corrected chi connectivity index (χ3v) is 8.56. The first-order valence-corrected chi connectivity index (χ1v) is 13.4. The molecule has 4 nitrogen and oxygen atoms in total. The number of Topliss-reactive ketones (excluding diaryl/α,β-unsaturated/α-hetero) is 1. The van der Waals surface area contributed by atoms with Crippen LogP contribution in [-0.4, -0.2) is 35.5 Å². The molecule has 2 saturated heterocycles. The first kappa shape index (κ1) is 23.0. The first-order chi connectivity index (χ1) is 17.7. The number of carbonyl (C=O) groups is 2. The number of amides is 1. The summed E-state index contributed by atoms with van der Waals surface area (Å²) in [7, 11) is 0. The van der Waals surface area contributed by atoms with E-state index in [4.69, 9.17) is 4.74 Å². The molecule has 0 aromatic heterocycles. The number of fused-ring (bicyclic) bond motifs is 5. The molecular weight excluding hydrogens is 446 g/mol. The predicted molar refractivity (Wildman–Crippen MR) is 141 cm³/mol. The molecule has 3 aliphatic rings.